The summed E-state index contributed by atoms with van der Waals surface area (Å²) < 4.78 is 0. The van der Waals surface area contributed by atoms with Gasteiger partial charge in [0, 0.05) is 28.9 Å². The highest BCUT2D eigenvalue weighted by Gasteiger charge is 2.26. The van der Waals surface area contributed by atoms with E-state index in [0.717, 1.165) is 24.2 Å². The predicted molar refractivity (Wildman–Crippen MR) is 132 cm³/mol. The molecule has 0 heterocycles. The molecule has 31 heavy (non-hydrogen) atoms. The zero-order valence-corrected chi connectivity index (χ0v) is 20.6. The number of thioether (sulfide) groups is 1. The smallest absolute Gasteiger partial charge is 0.242 e. The third-order valence-electron chi connectivity index (χ3n) is 5.10. The second kappa shape index (κ2) is 13.0. The minimum absolute atomic E-state index is 0.0947. The minimum atomic E-state index is -0.602. The molecule has 2 aromatic carbocycles. The Bertz CT molecular complexity index is 892. The van der Waals surface area contributed by atoms with Crippen LogP contribution in [0.1, 0.15) is 43.4 Å². The Labute approximate surface area is 199 Å². The van der Waals surface area contributed by atoms with Gasteiger partial charge in [-0.3, -0.25) is 9.59 Å². The molecule has 1 atom stereocenters. The lowest BCUT2D eigenvalue weighted by Gasteiger charge is -2.29. The first-order valence-electron chi connectivity index (χ1n) is 10.5. The van der Waals surface area contributed by atoms with E-state index in [1.807, 2.05) is 12.1 Å². The number of nitrogens with zero attached hydrogens (tertiary/aromatic N) is 1. The predicted octanol–water partition coefficient (Wildman–Crippen LogP) is 5.87. The second-order valence-electron chi connectivity index (χ2n) is 7.50. The first-order chi connectivity index (χ1) is 14.8. The van der Waals surface area contributed by atoms with E-state index in [2.05, 4.69) is 31.3 Å². The average Bonchev–Trinajstić information content (AvgIpc) is 2.74. The Balaban J connectivity index is 2.10. The number of unbranched alkanes of at least 4 members (excludes halogenated alkanes) is 1. The SMILES string of the molecule is CCCCNC(=O)[C@H](C)N(Cc1ccc(Cl)cc1Cl)C(=O)CSCc1ccccc1C. The number of amides is 2. The van der Waals surface area contributed by atoms with Gasteiger partial charge in [-0.2, -0.15) is 0 Å². The van der Waals surface area contributed by atoms with Crippen molar-refractivity contribution in [2.24, 2.45) is 0 Å². The van der Waals surface area contributed by atoms with Crippen LogP contribution >= 0.6 is 35.0 Å². The summed E-state index contributed by atoms with van der Waals surface area (Å²) in [6.07, 6.45) is 1.90. The van der Waals surface area contributed by atoms with Crippen molar-refractivity contribution in [1.29, 1.82) is 0 Å². The van der Waals surface area contributed by atoms with Crippen LogP contribution in [0.5, 0.6) is 0 Å². The van der Waals surface area contributed by atoms with Crippen molar-refractivity contribution >= 4 is 46.8 Å². The molecule has 168 valence electrons. The van der Waals surface area contributed by atoms with Crippen molar-refractivity contribution in [3.63, 3.8) is 0 Å². The molecule has 0 aliphatic heterocycles. The Morgan fingerprint density at radius 1 is 1.13 bits per heavy atom. The highest BCUT2D eigenvalue weighted by Crippen LogP contribution is 2.24. The quantitative estimate of drug-likeness (QED) is 0.409. The van der Waals surface area contributed by atoms with E-state index < -0.39 is 6.04 Å². The molecule has 2 aromatic rings. The monoisotopic (exact) mass is 480 g/mol. The molecule has 0 aliphatic rings. The van der Waals surface area contributed by atoms with Crippen LogP contribution in [-0.2, 0) is 21.9 Å². The van der Waals surface area contributed by atoms with E-state index in [0.29, 0.717) is 16.6 Å². The Morgan fingerprint density at radius 3 is 2.55 bits per heavy atom. The Hall–Kier alpha value is -1.69. The van der Waals surface area contributed by atoms with Gasteiger partial charge < -0.3 is 10.2 Å². The maximum Gasteiger partial charge on any atom is 0.242 e. The summed E-state index contributed by atoms with van der Waals surface area (Å²) in [5.41, 5.74) is 3.17. The lowest BCUT2D eigenvalue weighted by Crippen LogP contribution is -2.48. The number of halogens is 2. The van der Waals surface area contributed by atoms with Gasteiger partial charge in [-0.1, -0.05) is 66.9 Å². The normalized spacial score (nSPS) is 11.8. The molecule has 0 saturated carbocycles. The fourth-order valence-corrected chi connectivity index (χ4v) is 4.51. The van der Waals surface area contributed by atoms with Gasteiger partial charge in [0.1, 0.15) is 6.04 Å². The van der Waals surface area contributed by atoms with Gasteiger partial charge in [-0.25, -0.2) is 0 Å². The van der Waals surface area contributed by atoms with Crippen LogP contribution in [0.25, 0.3) is 0 Å². The molecule has 4 nitrogen and oxygen atoms in total. The van der Waals surface area contributed by atoms with Crippen LogP contribution in [0.4, 0.5) is 0 Å². The van der Waals surface area contributed by atoms with E-state index >= 15 is 0 Å². The number of hydrogen-bond acceptors (Lipinski definition) is 3. The van der Waals surface area contributed by atoms with Crippen molar-refractivity contribution in [1.82, 2.24) is 10.2 Å². The summed E-state index contributed by atoms with van der Waals surface area (Å²) in [4.78, 5) is 27.4. The fourth-order valence-electron chi connectivity index (χ4n) is 3.06. The number of aryl methyl sites for hydroxylation is 1. The number of benzene rings is 2. The lowest BCUT2D eigenvalue weighted by atomic mass is 10.1. The third kappa shape index (κ3) is 8.06. The first kappa shape index (κ1) is 25.6. The van der Waals surface area contributed by atoms with E-state index in [4.69, 9.17) is 23.2 Å². The first-order valence-corrected chi connectivity index (χ1v) is 12.4. The molecule has 0 unspecified atom stereocenters. The third-order valence-corrected chi connectivity index (χ3v) is 6.65. The van der Waals surface area contributed by atoms with E-state index in [1.54, 1.807) is 41.8 Å². The van der Waals surface area contributed by atoms with Crippen LogP contribution in [0.2, 0.25) is 10.0 Å². The van der Waals surface area contributed by atoms with Crippen molar-refractivity contribution in [2.75, 3.05) is 12.3 Å². The van der Waals surface area contributed by atoms with Gasteiger partial charge in [-0.05, 0) is 49.1 Å². The van der Waals surface area contributed by atoms with E-state index in [-0.39, 0.29) is 24.1 Å². The molecule has 0 fully saturated rings. The molecule has 0 saturated heterocycles. The summed E-state index contributed by atoms with van der Waals surface area (Å²) in [5.74, 6) is 0.774. The standard InChI is InChI=1S/C24H30Cl2N2O2S/c1-4-5-12-27-24(30)18(3)28(14-19-10-11-21(25)13-22(19)26)23(29)16-31-15-20-9-7-6-8-17(20)2/h6-11,13,18H,4-5,12,14-16H2,1-3H3,(H,27,30)/t18-/m0/s1. The highest BCUT2D eigenvalue weighted by atomic mass is 35.5. The number of rotatable bonds is 11. The van der Waals surface area contributed by atoms with Gasteiger partial charge >= 0.3 is 0 Å². The summed E-state index contributed by atoms with van der Waals surface area (Å²) >= 11 is 13.9. The highest BCUT2D eigenvalue weighted by molar-refractivity contribution is 7.99. The van der Waals surface area contributed by atoms with Crippen molar-refractivity contribution < 1.29 is 9.59 Å². The van der Waals surface area contributed by atoms with Crippen LogP contribution in [0, 0.1) is 6.92 Å². The van der Waals surface area contributed by atoms with Gasteiger partial charge in [0.25, 0.3) is 0 Å². The topological polar surface area (TPSA) is 49.4 Å². The summed E-state index contributed by atoms with van der Waals surface area (Å²) in [6.45, 7) is 6.75. The maximum atomic E-state index is 13.1. The van der Waals surface area contributed by atoms with Gasteiger partial charge in [-0.15, -0.1) is 11.8 Å². The minimum Gasteiger partial charge on any atom is -0.354 e. The number of nitrogens with one attached hydrogen (secondary N) is 1. The molecule has 0 aromatic heterocycles. The number of carbonyl (C=O) groups excluding carboxylic acids is 2. The molecular weight excluding hydrogens is 451 g/mol. The van der Waals surface area contributed by atoms with Crippen LogP contribution in [0.15, 0.2) is 42.5 Å². The Kier molecular flexibility index (Phi) is 10.7. The average molecular weight is 481 g/mol. The van der Waals surface area contributed by atoms with E-state index in [9.17, 15) is 9.59 Å². The maximum absolute atomic E-state index is 13.1. The van der Waals surface area contributed by atoms with Crippen LogP contribution in [-0.4, -0.2) is 35.1 Å². The molecule has 0 bridgehead atoms. The molecule has 7 heteroatoms. The molecule has 0 aliphatic carbocycles. The summed E-state index contributed by atoms with van der Waals surface area (Å²) in [6, 6.07) is 12.7. The lowest BCUT2D eigenvalue weighted by molar-refractivity contribution is -0.138. The second-order valence-corrected chi connectivity index (χ2v) is 9.33. The molecule has 1 N–H and O–H groups in total. The summed E-state index contributed by atoms with van der Waals surface area (Å²) in [7, 11) is 0. The van der Waals surface area contributed by atoms with Gasteiger partial charge in [0.05, 0.1) is 5.75 Å². The number of carbonyl (C=O) groups is 2. The molecule has 2 rings (SSSR count). The summed E-state index contributed by atoms with van der Waals surface area (Å²) in [5, 5.41) is 3.94. The zero-order chi connectivity index (χ0) is 22.8. The molecular formula is C24H30Cl2N2O2S. The van der Waals surface area contributed by atoms with E-state index in [1.165, 1.54) is 11.1 Å². The van der Waals surface area contributed by atoms with Crippen molar-refractivity contribution in [3.8, 4) is 0 Å². The largest absolute Gasteiger partial charge is 0.354 e. The molecule has 2 amide bonds. The zero-order valence-electron chi connectivity index (χ0n) is 18.3. The molecule has 0 radical (unpaired) electrons. The van der Waals surface area contributed by atoms with Gasteiger partial charge in [0.2, 0.25) is 11.8 Å². The molecule has 0 spiro atoms. The van der Waals surface area contributed by atoms with Gasteiger partial charge in [0.15, 0.2) is 0 Å². The fraction of sp³-hybridized carbons (Fsp3) is 0.417. The Morgan fingerprint density at radius 2 is 1.87 bits per heavy atom. The van der Waals surface area contributed by atoms with Crippen molar-refractivity contribution in [3.05, 3.63) is 69.2 Å². The van der Waals surface area contributed by atoms with Crippen LogP contribution in [0.3, 0.4) is 0 Å². The van der Waals surface area contributed by atoms with Crippen LogP contribution < -0.4 is 5.32 Å². The number of hydrogen-bond donors (Lipinski definition) is 1. The van der Waals surface area contributed by atoms with Crippen molar-refractivity contribution in [2.45, 2.75) is 52.0 Å².